The first kappa shape index (κ1) is 14.3. The molecule has 0 atom stereocenters. The third-order valence-corrected chi connectivity index (χ3v) is 2.82. The van der Waals surface area contributed by atoms with E-state index in [4.69, 9.17) is 4.74 Å². The van der Waals surface area contributed by atoms with E-state index in [1.807, 2.05) is 0 Å². The molecule has 1 N–H and O–H groups in total. The molecular weight excluding hydrogens is 226 g/mol. The van der Waals surface area contributed by atoms with Gasteiger partial charge >= 0.3 is 0 Å². The van der Waals surface area contributed by atoms with Crippen molar-refractivity contribution in [3.63, 3.8) is 0 Å². The summed E-state index contributed by atoms with van der Waals surface area (Å²) in [5.74, 6) is 6.93. The van der Waals surface area contributed by atoms with Crippen LogP contribution in [0.25, 0.3) is 0 Å². The van der Waals surface area contributed by atoms with Crippen molar-refractivity contribution in [2.45, 2.75) is 34.1 Å². The second kappa shape index (κ2) is 6.85. The van der Waals surface area contributed by atoms with Gasteiger partial charge in [0.05, 0.1) is 0 Å². The van der Waals surface area contributed by atoms with Crippen LogP contribution in [0.1, 0.15) is 34.1 Å². The fourth-order valence-electron chi connectivity index (χ4n) is 1.15. The van der Waals surface area contributed by atoms with Crippen molar-refractivity contribution in [1.82, 2.24) is 9.97 Å². The molecule has 0 fully saturated rings. The minimum Gasteiger partial charge on any atom is -0.464 e. The molecule has 4 nitrogen and oxygen atoms in total. The Morgan fingerprint density at radius 1 is 1.39 bits per heavy atom. The normalized spacial score (nSPS) is 10.4. The summed E-state index contributed by atoms with van der Waals surface area (Å²) in [6.07, 6.45) is 2.61. The third-order valence-electron chi connectivity index (χ3n) is 2.82. The SMILES string of the molecule is CC#CCOc1cc(NCC(C)(C)CC)ncn1. The molecule has 0 radical (unpaired) electrons. The lowest BCUT2D eigenvalue weighted by molar-refractivity contribution is 0.354. The molecule has 98 valence electrons. The van der Waals surface area contributed by atoms with Crippen LogP contribution < -0.4 is 10.1 Å². The van der Waals surface area contributed by atoms with Gasteiger partial charge in [-0.05, 0) is 18.8 Å². The van der Waals surface area contributed by atoms with Crippen molar-refractivity contribution in [2.24, 2.45) is 5.41 Å². The van der Waals surface area contributed by atoms with Crippen LogP contribution in [0.2, 0.25) is 0 Å². The van der Waals surface area contributed by atoms with Crippen molar-refractivity contribution in [2.75, 3.05) is 18.5 Å². The first-order valence-electron chi connectivity index (χ1n) is 6.16. The Kier molecular flexibility index (Phi) is 5.44. The van der Waals surface area contributed by atoms with Gasteiger partial charge in [-0.2, -0.15) is 0 Å². The quantitative estimate of drug-likeness (QED) is 0.785. The maximum Gasteiger partial charge on any atom is 0.219 e. The van der Waals surface area contributed by atoms with Gasteiger partial charge in [0.1, 0.15) is 12.1 Å². The van der Waals surface area contributed by atoms with Gasteiger partial charge < -0.3 is 10.1 Å². The zero-order valence-electron chi connectivity index (χ0n) is 11.6. The molecular formula is C14H21N3O. The molecule has 0 unspecified atom stereocenters. The fourth-order valence-corrected chi connectivity index (χ4v) is 1.15. The number of aromatic nitrogens is 2. The van der Waals surface area contributed by atoms with Gasteiger partial charge in [-0.3, -0.25) is 0 Å². The zero-order valence-corrected chi connectivity index (χ0v) is 11.6. The molecule has 0 aliphatic rings. The average molecular weight is 247 g/mol. The molecule has 0 spiro atoms. The number of nitrogens with zero attached hydrogens (tertiary/aromatic N) is 2. The number of hydrogen-bond acceptors (Lipinski definition) is 4. The lowest BCUT2D eigenvalue weighted by Gasteiger charge is -2.23. The van der Waals surface area contributed by atoms with E-state index >= 15 is 0 Å². The molecule has 18 heavy (non-hydrogen) atoms. The largest absolute Gasteiger partial charge is 0.464 e. The molecule has 1 rings (SSSR count). The van der Waals surface area contributed by atoms with E-state index < -0.39 is 0 Å². The van der Waals surface area contributed by atoms with Crippen LogP contribution in [-0.4, -0.2) is 23.1 Å². The molecule has 0 saturated carbocycles. The topological polar surface area (TPSA) is 47.0 Å². The zero-order chi connectivity index (χ0) is 13.4. The van der Waals surface area contributed by atoms with Gasteiger partial charge in [-0.15, -0.1) is 5.92 Å². The Balaban J connectivity index is 2.55. The minimum atomic E-state index is 0.250. The Morgan fingerprint density at radius 2 is 2.17 bits per heavy atom. The maximum absolute atomic E-state index is 5.38. The van der Waals surface area contributed by atoms with Crippen molar-refractivity contribution in [3.8, 4) is 17.7 Å². The van der Waals surface area contributed by atoms with Crippen molar-refractivity contribution < 1.29 is 4.74 Å². The van der Waals surface area contributed by atoms with E-state index in [1.165, 1.54) is 6.33 Å². The number of hydrogen-bond donors (Lipinski definition) is 1. The van der Waals surface area contributed by atoms with Crippen molar-refractivity contribution >= 4 is 5.82 Å². The molecule has 0 saturated heterocycles. The summed E-state index contributed by atoms with van der Waals surface area (Å²) < 4.78 is 5.38. The summed E-state index contributed by atoms with van der Waals surface area (Å²) in [5.41, 5.74) is 0.250. The van der Waals surface area contributed by atoms with E-state index in [9.17, 15) is 0 Å². The molecule has 1 heterocycles. The number of nitrogens with one attached hydrogen (secondary N) is 1. The van der Waals surface area contributed by atoms with Gasteiger partial charge in [0.2, 0.25) is 5.88 Å². The molecule has 0 bridgehead atoms. The van der Waals surface area contributed by atoms with E-state index in [2.05, 4.69) is 47.9 Å². The second-order valence-corrected chi connectivity index (χ2v) is 4.83. The van der Waals surface area contributed by atoms with Crippen LogP contribution in [0, 0.1) is 17.3 Å². The molecule has 1 aromatic rings. The van der Waals surface area contributed by atoms with Crippen LogP contribution in [0.3, 0.4) is 0 Å². The average Bonchev–Trinajstić information content (AvgIpc) is 2.38. The summed E-state index contributed by atoms with van der Waals surface area (Å²) in [7, 11) is 0. The molecule has 0 aromatic carbocycles. The first-order valence-corrected chi connectivity index (χ1v) is 6.16. The number of anilines is 1. The van der Waals surface area contributed by atoms with Gasteiger partial charge in [0, 0.05) is 12.6 Å². The van der Waals surface area contributed by atoms with Crippen molar-refractivity contribution in [3.05, 3.63) is 12.4 Å². The van der Waals surface area contributed by atoms with Crippen LogP contribution in [-0.2, 0) is 0 Å². The molecule has 4 heteroatoms. The van der Waals surface area contributed by atoms with Crippen LogP contribution in [0.5, 0.6) is 5.88 Å². The smallest absolute Gasteiger partial charge is 0.219 e. The molecule has 0 aliphatic heterocycles. The lowest BCUT2D eigenvalue weighted by atomic mass is 9.90. The maximum atomic E-state index is 5.38. The van der Waals surface area contributed by atoms with E-state index in [0.717, 1.165) is 18.8 Å². The van der Waals surface area contributed by atoms with Crippen molar-refractivity contribution in [1.29, 1.82) is 0 Å². The van der Waals surface area contributed by atoms with Crippen LogP contribution >= 0.6 is 0 Å². The highest BCUT2D eigenvalue weighted by Gasteiger charge is 2.14. The fraction of sp³-hybridized carbons (Fsp3) is 0.571. The number of ether oxygens (including phenoxy) is 1. The van der Waals surface area contributed by atoms with Gasteiger partial charge in [-0.25, -0.2) is 9.97 Å². The predicted octanol–water partition coefficient (Wildman–Crippen LogP) is 2.73. The third kappa shape index (κ3) is 5.05. The number of rotatable bonds is 6. The van der Waals surface area contributed by atoms with Gasteiger partial charge in [-0.1, -0.05) is 26.7 Å². The Hall–Kier alpha value is -1.76. The van der Waals surface area contributed by atoms with Gasteiger partial charge in [0.25, 0.3) is 0 Å². The highest BCUT2D eigenvalue weighted by Crippen LogP contribution is 2.20. The molecule has 0 aliphatic carbocycles. The minimum absolute atomic E-state index is 0.250. The molecule has 1 aromatic heterocycles. The highest BCUT2D eigenvalue weighted by molar-refractivity contribution is 5.37. The Morgan fingerprint density at radius 3 is 2.83 bits per heavy atom. The lowest BCUT2D eigenvalue weighted by Crippen LogP contribution is -2.22. The first-order chi connectivity index (χ1) is 8.57. The summed E-state index contributed by atoms with van der Waals surface area (Å²) in [5, 5.41) is 3.30. The van der Waals surface area contributed by atoms with Crippen LogP contribution in [0.4, 0.5) is 5.82 Å². The highest BCUT2D eigenvalue weighted by atomic mass is 16.5. The van der Waals surface area contributed by atoms with E-state index in [1.54, 1.807) is 13.0 Å². The molecule has 0 amide bonds. The Labute approximate surface area is 109 Å². The van der Waals surface area contributed by atoms with Gasteiger partial charge in [0.15, 0.2) is 6.61 Å². The predicted molar refractivity (Wildman–Crippen MR) is 73.5 cm³/mol. The summed E-state index contributed by atoms with van der Waals surface area (Å²) >= 11 is 0. The summed E-state index contributed by atoms with van der Waals surface area (Å²) in [4.78, 5) is 8.20. The standard InChI is InChI=1S/C14H21N3O/c1-5-7-8-18-13-9-12(16-11-17-13)15-10-14(3,4)6-2/h9,11H,6,8,10H2,1-4H3,(H,15,16,17). The van der Waals surface area contributed by atoms with Crippen LogP contribution in [0.15, 0.2) is 12.4 Å². The monoisotopic (exact) mass is 247 g/mol. The van der Waals surface area contributed by atoms with E-state index in [0.29, 0.717) is 12.5 Å². The summed E-state index contributed by atoms with van der Waals surface area (Å²) in [6, 6.07) is 1.79. The Bertz CT molecular complexity index is 432. The van der Waals surface area contributed by atoms with E-state index in [-0.39, 0.29) is 5.41 Å². The second-order valence-electron chi connectivity index (χ2n) is 4.83. The summed E-state index contributed by atoms with van der Waals surface area (Å²) in [6.45, 7) is 9.62.